The molecular formula is C15H22N4OS. The zero-order valence-electron chi connectivity index (χ0n) is 12.7. The fraction of sp³-hybridized carbons (Fsp3) is 0.400. The number of hydrogen-bond acceptors (Lipinski definition) is 5. The van der Waals surface area contributed by atoms with Crippen molar-refractivity contribution in [1.82, 2.24) is 15.2 Å². The van der Waals surface area contributed by atoms with Crippen LogP contribution in [0.5, 0.6) is 0 Å². The zero-order valence-corrected chi connectivity index (χ0v) is 13.5. The van der Waals surface area contributed by atoms with Crippen molar-refractivity contribution in [1.29, 1.82) is 0 Å². The van der Waals surface area contributed by atoms with Gasteiger partial charge in [0.1, 0.15) is 0 Å². The fourth-order valence-corrected chi connectivity index (χ4v) is 3.34. The van der Waals surface area contributed by atoms with E-state index in [-0.39, 0.29) is 5.91 Å². The van der Waals surface area contributed by atoms with Crippen LogP contribution >= 0.6 is 11.3 Å². The summed E-state index contributed by atoms with van der Waals surface area (Å²) in [5.74, 6) is 5.10. The molecule has 1 amide bonds. The molecule has 2 aromatic rings. The summed E-state index contributed by atoms with van der Waals surface area (Å²) in [6.07, 6.45) is 0. The number of hydrazine groups is 1. The number of benzene rings is 1. The Balaban J connectivity index is 2.29. The van der Waals surface area contributed by atoms with E-state index in [2.05, 4.69) is 42.4 Å². The van der Waals surface area contributed by atoms with Gasteiger partial charge in [-0.2, -0.15) is 0 Å². The molecule has 5 nitrogen and oxygen atoms in total. The molecule has 0 unspecified atom stereocenters. The monoisotopic (exact) mass is 306 g/mol. The molecule has 114 valence electrons. The van der Waals surface area contributed by atoms with Crippen LogP contribution in [-0.4, -0.2) is 49.9 Å². The van der Waals surface area contributed by atoms with Gasteiger partial charge in [-0.25, -0.2) is 5.84 Å². The van der Waals surface area contributed by atoms with Gasteiger partial charge in [0.2, 0.25) is 0 Å². The maximum atomic E-state index is 12.0. The van der Waals surface area contributed by atoms with E-state index in [0.717, 1.165) is 35.3 Å². The highest BCUT2D eigenvalue weighted by Gasteiger charge is 2.18. The number of thiophene rings is 1. The second-order valence-electron chi connectivity index (χ2n) is 5.42. The van der Waals surface area contributed by atoms with Crippen molar-refractivity contribution in [3.8, 4) is 0 Å². The topological polar surface area (TPSA) is 61.6 Å². The first-order valence-corrected chi connectivity index (χ1v) is 7.69. The minimum absolute atomic E-state index is 0.216. The summed E-state index contributed by atoms with van der Waals surface area (Å²) < 4.78 is 1.12. The van der Waals surface area contributed by atoms with Gasteiger partial charge in [0.15, 0.2) is 0 Å². The number of amides is 1. The Kier molecular flexibility index (Phi) is 5.30. The van der Waals surface area contributed by atoms with E-state index in [1.807, 2.05) is 18.2 Å². The van der Waals surface area contributed by atoms with E-state index in [4.69, 9.17) is 5.84 Å². The molecule has 1 aromatic carbocycles. The highest BCUT2D eigenvalue weighted by Crippen LogP contribution is 2.31. The summed E-state index contributed by atoms with van der Waals surface area (Å²) in [7, 11) is 6.18. The third-order valence-electron chi connectivity index (χ3n) is 3.39. The number of nitrogens with zero attached hydrogens (tertiary/aromatic N) is 2. The first-order chi connectivity index (χ1) is 10.0. The Morgan fingerprint density at radius 1 is 1.24 bits per heavy atom. The Morgan fingerprint density at radius 3 is 2.62 bits per heavy atom. The van der Waals surface area contributed by atoms with E-state index >= 15 is 0 Å². The molecule has 3 N–H and O–H groups in total. The average molecular weight is 306 g/mol. The lowest BCUT2D eigenvalue weighted by Gasteiger charge is -2.19. The second-order valence-corrected chi connectivity index (χ2v) is 6.47. The number of hydrogen-bond donors (Lipinski definition) is 2. The van der Waals surface area contributed by atoms with Gasteiger partial charge in [0.05, 0.1) is 4.88 Å². The molecule has 0 saturated heterocycles. The summed E-state index contributed by atoms with van der Waals surface area (Å²) in [6.45, 7) is 2.67. The Labute approximate surface area is 129 Å². The Hall–Kier alpha value is -1.47. The van der Waals surface area contributed by atoms with Crippen molar-refractivity contribution in [3.63, 3.8) is 0 Å². The number of fused-ring (bicyclic) bond motifs is 1. The second kappa shape index (κ2) is 7.00. The number of nitrogen functional groups attached to an aromatic ring is 1. The molecule has 0 aliphatic heterocycles. The van der Waals surface area contributed by atoms with Crippen molar-refractivity contribution in [2.45, 2.75) is 6.54 Å². The number of likely N-dealkylation sites (N-methyl/N-ethyl adjacent to an activating group) is 2. The lowest BCUT2D eigenvalue weighted by Crippen LogP contribution is -2.31. The molecule has 21 heavy (non-hydrogen) atoms. The normalized spacial score (nSPS) is 11.5. The summed E-state index contributed by atoms with van der Waals surface area (Å²) in [5, 5.41) is 1.14. The van der Waals surface area contributed by atoms with Crippen molar-refractivity contribution in [2.24, 2.45) is 5.84 Å². The zero-order chi connectivity index (χ0) is 15.4. The molecule has 2 rings (SSSR count). The van der Waals surface area contributed by atoms with E-state index in [1.165, 1.54) is 11.3 Å². The molecule has 0 spiro atoms. The van der Waals surface area contributed by atoms with Crippen LogP contribution in [-0.2, 0) is 6.54 Å². The molecule has 0 radical (unpaired) electrons. The molecule has 1 heterocycles. The van der Waals surface area contributed by atoms with Crippen molar-refractivity contribution >= 4 is 27.3 Å². The molecule has 6 heteroatoms. The predicted octanol–water partition coefficient (Wildman–Crippen LogP) is 1.50. The standard InChI is InChI=1S/C15H22N4OS/c1-18(2)8-9-19(3)10-12-11-6-4-5-7-13(11)21-14(12)15(20)17-16/h4-7H,8-10,16H2,1-3H3,(H,17,20). The minimum Gasteiger partial charge on any atom is -0.308 e. The maximum Gasteiger partial charge on any atom is 0.275 e. The molecule has 0 aliphatic rings. The summed E-state index contributed by atoms with van der Waals surface area (Å²) >= 11 is 1.49. The van der Waals surface area contributed by atoms with Crippen LogP contribution in [0.3, 0.4) is 0 Å². The average Bonchev–Trinajstić information content (AvgIpc) is 2.83. The molecule has 0 fully saturated rings. The van der Waals surface area contributed by atoms with Gasteiger partial charge < -0.3 is 9.80 Å². The van der Waals surface area contributed by atoms with Gasteiger partial charge in [-0.15, -0.1) is 11.3 Å². The number of carbonyl (C=O) groups excluding carboxylic acids is 1. The maximum absolute atomic E-state index is 12.0. The molecule has 0 aliphatic carbocycles. The first-order valence-electron chi connectivity index (χ1n) is 6.87. The van der Waals surface area contributed by atoms with E-state index in [0.29, 0.717) is 4.88 Å². The van der Waals surface area contributed by atoms with E-state index in [9.17, 15) is 4.79 Å². The number of carbonyl (C=O) groups is 1. The molecule has 0 saturated carbocycles. The van der Waals surface area contributed by atoms with Crippen LogP contribution in [0.25, 0.3) is 10.1 Å². The predicted molar refractivity (Wildman–Crippen MR) is 88.4 cm³/mol. The van der Waals surface area contributed by atoms with Crippen LogP contribution in [0.1, 0.15) is 15.2 Å². The molecular weight excluding hydrogens is 284 g/mol. The molecule has 0 bridgehead atoms. The quantitative estimate of drug-likeness (QED) is 0.482. The van der Waals surface area contributed by atoms with Crippen molar-refractivity contribution in [3.05, 3.63) is 34.7 Å². The van der Waals surface area contributed by atoms with Crippen LogP contribution in [0.2, 0.25) is 0 Å². The smallest absolute Gasteiger partial charge is 0.275 e. The van der Waals surface area contributed by atoms with Gasteiger partial charge in [0.25, 0.3) is 5.91 Å². The summed E-state index contributed by atoms with van der Waals surface area (Å²) in [5.41, 5.74) is 3.31. The van der Waals surface area contributed by atoms with Crippen molar-refractivity contribution in [2.75, 3.05) is 34.2 Å². The lowest BCUT2D eigenvalue weighted by molar-refractivity contribution is 0.0956. The van der Waals surface area contributed by atoms with Gasteiger partial charge in [-0.3, -0.25) is 10.2 Å². The Morgan fingerprint density at radius 2 is 1.95 bits per heavy atom. The summed E-state index contributed by atoms with van der Waals surface area (Å²) in [4.78, 5) is 17.1. The van der Waals surface area contributed by atoms with Gasteiger partial charge in [-0.05, 0) is 38.2 Å². The summed E-state index contributed by atoms with van der Waals surface area (Å²) in [6, 6.07) is 8.09. The van der Waals surface area contributed by atoms with Gasteiger partial charge in [0, 0.05) is 24.3 Å². The highest BCUT2D eigenvalue weighted by molar-refractivity contribution is 7.21. The van der Waals surface area contributed by atoms with Gasteiger partial charge >= 0.3 is 0 Å². The lowest BCUT2D eigenvalue weighted by atomic mass is 10.1. The van der Waals surface area contributed by atoms with Crippen molar-refractivity contribution < 1.29 is 4.79 Å². The first kappa shape index (κ1) is 15.9. The highest BCUT2D eigenvalue weighted by atomic mass is 32.1. The van der Waals surface area contributed by atoms with E-state index < -0.39 is 0 Å². The van der Waals surface area contributed by atoms with Gasteiger partial charge in [-0.1, -0.05) is 18.2 Å². The molecule has 0 atom stereocenters. The minimum atomic E-state index is -0.216. The Bertz CT molecular complexity index is 623. The largest absolute Gasteiger partial charge is 0.308 e. The number of rotatable bonds is 6. The van der Waals surface area contributed by atoms with Crippen LogP contribution in [0, 0.1) is 0 Å². The molecule has 1 aromatic heterocycles. The van der Waals surface area contributed by atoms with E-state index in [1.54, 1.807) is 0 Å². The third kappa shape index (κ3) is 3.79. The number of nitrogens with two attached hydrogens (primary N) is 1. The third-order valence-corrected chi connectivity index (χ3v) is 4.60. The SMILES string of the molecule is CN(C)CCN(C)Cc1c(C(=O)NN)sc2ccccc12. The van der Waals surface area contributed by atoms with Crippen LogP contribution in [0.4, 0.5) is 0 Å². The van der Waals surface area contributed by atoms with Crippen LogP contribution in [0.15, 0.2) is 24.3 Å². The number of nitrogens with one attached hydrogen (secondary N) is 1. The fourth-order valence-electron chi connectivity index (χ4n) is 2.22. The van der Waals surface area contributed by atoms with Crippen LogP contribution < -0.4 is 11.3 Å².